The topological polar surface area (TPSA) is 69.3 Å². The van der Waals surface area contributed by atoms with Crippen molar-refractivity contribution in [3.63, 3.8) is 0 Å². The quantitative estimate of drug-likeness (QED) is 0.0402. The highest BCUT2D eigenvalue weighted by atomic mass is 35.5. The Morgan fingerprint density at radius 2 is 0.797 bits per heavy atom. The summed E-state index contributed by atoms with van der Waals surface area (Å²) in [5, 5.41) is 3.19. The van der Waals surface area contributed by atoms with Gasteiger partial charge >= 0.3 is 7.67 Å². The Balaban J connectivity index is 2.48. The van der Waals surface area contributed by atoms with Crippen LogP contribution < -0.4 is 19.3 Å². The highest BCUT2D eigenvalue weighted by Crippen LogP contribution is 2.48. The third kappa shape index (κ3) is 30.5. The molecule has 0 fully saturated rings. The minimum absolute atomic E-state index is 0.0487. The number of nitrogens with zero attached hydrogens (tertiary/aromatic N) is 1. The van der Waals surface area contributed by atoms with Gasteiger partial charge in [0.25, 0.3) is 0 Å². The van der Waals surface area contributed by atoms with Gasteiger partial charge in [0.1, 0.15) is 0 Å². The SMILES string of the molecule is COc1cc(COP(=O)(NC/C=C(\C)CC/C=C(\C)CC/C=C(\C)CC/C=C(\C)CC/C=C(\C)CC/C=C(\C)CC/C=C(\C)CC/C=C(\C)CCC=C(C)C)N(CCCl)CCCl)cc(OC)c1OC. The highest BCUT2D eigenvalue weighted by Gasteiger charge is 2.31. The summed E-state index contributed by atoms with van der Waals surface area (Å²) in [4.78, 5) is 0. The van der Waals surface area contributed by atoms with Gasteiger partial charge in [0.2, 0.25) is 5.75 Å². The van der Waals surface area contributed by atoms with E-state index >= 15 is 0 Å². The summed E-state index contributed by atoms with van der Waals surface area (Å²) in [5.41, 5.74) is 13.8. The van der Waals surface area contributed by atoms with Gasteiger partial charge in [-0.3, -0.25) is 4.57 Å². The van der Waals surface area contributed by atoms with Crippen LogP contribution in [0.2, 0.25) is 0 Å². The smallest absolute Gasteiger partial charge is 0.344 e. The van der Waals surface area contributed by atoms with Crippen LogP contribution in [-0.4, -0.2) is 57.4 Å². The molecule has 0 amide bonds. The normalized spacial score (nSPS) is 14.7. The van der Waals surface area contributed by atoms with Crippen LogP contribution in [0.4, 0.5) is 0 Å². The molecule has 0 aliphatic carbocycles. The van der Waals surface area contributed by atoms with E-state index in [0.29, 0.717) is 36.9 Å². The number of hydrogen-bond acceptors (Lipinski definition) is 5. The summed E-state index contributed by atoms with van der Waals surface area (Å²) in [6.45, 7) is 23.5. The van der Waals surface area contributed by atoms with Crippen molar-refractivity contribution in [3.05, 3.63) is 123 Å². The molecular weight excluding hydrogens is 919 g/mol. The van der Waals surface area contributed by atoms with Gasteiger partial charge in [0.15, 0.2) is 11.5 Å². The van der Waals surface area contributed by atoms with Gasteiger partial charge in [-0.05, 0) is 190 Å². The van der Waals surface area contributed by atoms with Gasteiger partial charge in [-0.2, -0.15) is 0 Å². The summed E-state index contributed by atoms with van der Waals surface area (Å²) in [5.74, 6) is 2.05. The molecule has 0 saturated carbocycles. The number of benzene rings is 1. The monoisotopic (exact) mass is 1010 g/mol. The summed E-state index contributed by atoms with van der Waals surface area (Å²) >= 11 is 12.2. The highest BCUT2D eigenvalue weighted by molar-refractivity contribution is 7.54. The van der Waals surface area contributed by atoms with Crippen molar-refractivity contribution in [2.45, 2.75) is 179 Å². The van der Waals surface area contributed by atoms with Crippen molar-refractivity contribution < 1.29 is 23.3 Å². The molecule has 1 aromatic carbocycles. The molecule has 1 aromatic rings. The minimum atomic E-state index is -3.52. The third-order valence-corrected chi connectivity index (χ3v) is 14.8. The van der Waals surface area contributed by atoms with Crippen molar-refractivity contribution in [1.29, 1.82) is 0 Å². The van der Waals surface area contributed by atoms with E-state index < -0.39 is 7.67 Å². The first-order chi connectivity index (χ1) is 33.0. The maximum atomic E-state index is 14.3. The number of ether oxygens (including phenoxy) is 3. The first-order valence-electron chi connectivity index (χ1n) is 25.5. The van der Waals surface area contributed by atoms with Crippen LogP contribution in [0.15, 0.2) is 117 Å². The Morgan fingerprint density at radius 3 is 1.07 bits per heavy atom. The number of hydrogen-bond donors (Lipinski definition) is 1. The molecule has 0 spiro atoms. The van der Waals surface area contributed by atoms with E-state index in [2.05, 4.69) is 129 Å². The fraction of sp³-hybridized carbons (Fsp3) is 0.593. The lowest BCUT2D eigenvalue weighted by Gasteiger charge is -2.30. The molecule has 0 saturated heterocycles. The van der Waals surface area contributed by atoms with Crippen molar-refractivity contribution in [2.75, 3.05) is 52.7 Å². The van der Waals surface area contributed by atoms with Crippen LogP contribution in [0, 0.1) is 0 Å². The molecular formula is C59H95Cl2N2O5P. The number of methoxy groups -OCH3 is 3. The lowest BCUT2D eigenvalue weighted by Crippen LogP contribution is -2.32. The number of alkyl halides is 2. The lowest BCUT2D eigenvalue weighted by molar-refractivity contribution is 0.247. The zero-order chi connectivity index (χ0) is 51.5. The Bertz CT molecular complexity index is 1940. The Hall–Kier alpha value is -3.03. The summed E-state index contributed by atoms with van der Waals surface area (Å²) < 4.78 is 38.6. The van der Waals surface area contributed by atoms with Crippen LogP contribution in [0.1, 0.15) is 178 Å². The standard InChI is InChI=1S/C59H95Cl2N2O5P/c1-47(2)22-14-23-48(3)24-15-25-49(4)26-16-27-50(5)28-17-29-51(6)30-18-31-52(7)32-19-33-53(8)34-20-35-54(9)36-21-37-55(10)38-41-62-69(64,63(42-39-60)43-40-61)68-46-56-44-57(65-11)59(67-13)58(45-56)66-12/h22,24,26,28,30,32,34,36,38,44-45H,14-21,23,25,27,29,31,33,35,37,39-43,46H2,1-13H3,(H,62,64)/b48-24+,49-26+,50-28+,51-30+,52-32+,53-34+,54-36+,55-38+. The van der Waals surface area contributed by atoms with Crippen LogP contribution in [0.5, 0.6) is 17.2 Å². The molecule has 0 aromatic heterocycles. The van der Waals surface area contributed by atoms with Crippen molar-refractivity contribution >= 4 is 30.9 Å². The van der Waals surface area contributed by atoms with Crippen LogP contribution in [0.25, 0.3) is 0 Å². The average molecular weight is 1010 g/mol. The first kappa shape index (κ1) is 64.0. The molecule has 1 rings (SSSR count). The van der Waals surface area contributed by atoms with E-state index in [0.717, 1.165) is 95.5 Å². The van der Waals surface area contributed by atoms with Gasteiger partial charge < -0.3 is 18.7 Å². The minimum Gasteiger partial charge on any atom is -0.493 e. The molecule has 0 heterocycles. The van der Waals surface area contributed by atoms with E-state index in [4.69, 9.17) is 41.9 Å². The molecule has 390 valence electrons. The van der Waals surface area contributed by atoms with E-state index in [1.165, 1.54) is 63.0 Å². The first-order valence-corrected chi connectivity index (χ1v) is 28.2. The zero-order valence-electron chi connectivity index (χ0n) is 45.6. The summed E-state index contributed by atoms with van der Waals surface area (Å²) in [7, 11) is 1.15. The summed E-state index contributed by atoms with van der Waals surface area (Å²) in [6.07, 6.45) is 39.1. The second kappa shape index (κ2) is 38.6. The van der Waals surface area contributed by atoms with E-state index in [1.807, 2.05) is 0 Å². The molecule has 7 nitrogen and oxygen atoms in total. The van der Waals surface area contributed by atoms with Gasteiger partial charge in [-0.1, -0.05) is 105 Å². The number of allylic oxidation sites excluding steroid dienone is 17. The fourth-order valence-corrected chi connectivity index (χ4v) is 10.2. The molecule has 0 radical (unpaired) electrons. The largest absolute Gasteiger partial charge is 0.493 e. The Labute approximate surface area is 432 Å². The Kier molecular flexibility index (Phi) is 35.8. The number of rotatable bonds is 38. The number of halogens is 2. The maximum absolute atomic E-state index is 14.3. The Morgan fingerprint density at radius 1 is 0.493 bits per heavy atom. The molecule has 1 N–H and O–H groups in total. The van der Waals surface area contributed by atoms with E-state index in [9.17, 15) is 4.57 Å². The van der Waals surface area contributed by atoms with E-state index in [-0.39, 0.29) is 18.4 Å². The number of nitrogens with one attached hydrogen (secondary N) is 1. The van der Waals surface area contributed by atoms with E-state index in [1.54, 1.807) is 38.1 Å². The second-order valence-corrected chi connectivity index (χ2v) is 22.0. The maximum Gasteiger partial charge on any atom is 0.344 e. The van der Waals surface area contributed by atoms with Gasteiger partial charge in [-0.15, -0.1) is 23.2 Å². The predicted molar refractivity (Wildman–Crippen MR) is 303 cm³/mol. The van der Waals surface area contributed by atoms with Crippen LogP contribution in [0.3, 0.4) is 0 Å². The lowest BCUT2D eigenvalue weighted by atomic mass is 10.0. The average Bonchev–Trinajstić information content (AvgIpc) is 3.30. The van der Waals surface area contributed by atoms with Gasteiger partial charge in [0, 0.05) is 31.4 Å². The fourth-order valence-electron chi connectivity index (χ4n) is 7.74. The third-order valence-electron chi connectivity index (χ3n) is 12.2. The second-order valence-electron chi connectivity index (χ2n) is 19.0. The molecule has 1 atom stereocenters. The van der Waals surface area contributed by atoms with Crippen LogP contribution in [-0.2, 0) is 15.7 Å². The molecule has 0 aliphatic rings. The molecule has 10 heteroatoms. The molecule has 69 heavy (non-hydrogen) atoms. The van der Waals surface area contributed by atoms with Crippen LogP contribution >= 0.6 is 30.9 Å². The van der Waals surface area contributed by atoms with Gasteiger partial charge in [0.05, 0.1) is 27.9 Å². The molecule has 1 unspecified atom stereocenters. The molecule has 0 aliphatic heterocycles. The predicted octanol–water partition coefficient (Wildman–Crippen LogP) is 18.5. The van der Waals surface area contributed by atoms with Gasteiger partial charge in [-0.25, -0.2) is 9.76 Å². The van der Waals surface area contributed by atoms with Crippen molar-refractivity contribution in [1.82, 2.24) is 9.76 Å². The summed E-state index contributed by atoms with van der Waals surface area (Å²) in [6, 6.07) is 3.58. The van der Waals surface area contributed by atoms with Crippen molar-refractivity contribution in [2.24, 2.45) is 0 Å². The molecule has 0 bridgehead atoms. The zero-order valence-corrected chi connectivity index (χ0v) is 48.0. The van der Waals surface area contributed by atoms with Crippen molar-refractivity contribution in [3.8, 4) is 17.2 Å².